The fourth-order valence-corrected chi connectivity index (χ4v) is 14.9. The van der Waals surface area contributed by atoms with Gasteiger partial charge >= 0.3 is 0 Å². The molecular formula is C107H82N8. The maximum absolute atomic E-state index is 9.32. The average Bonchev–Trinajstić information content (AvgIpc) is 0.774. The van der Waals surface area contributed by atoms with Crippen LogP contribution in [-0.2, 0) is 0 Å². The van der Waals surface area contributed by atoms with E-state index < -0.39 is 0 Å². The number of rotatable bonds is 18. The van der Waals surface area contributed by atoms with Crippen LogP contribution in [0.3, 0.4) is 0 Å². The molecule has 0 saturated heterocycles. The van der Waals surface area contributed by atoms with E-state index in [1.807, 2.05) is 80.8 Å². The van der Waals surface area contributed by atoms with Gasteiger partial charge < -0.3 is 29.4 Å². The first kappa shape index (κ1) is 73.7. The first-order valence-corrected chi connectivity index (χ1v) is 38.6. The van der Waals surface area contributed by atoms with E-state index in [-0.39, 0.29) is 0 Å². The minimum atomic E-state index is 0.649. The molecule has 0 aromatic heterocycles. The van der Waals surface area contributed by atoms with Crippen LogP contribution >= 0.6 is 0 Å². The zero-order chi connectivity index (χ0) is 78.2. The monoisotopic (exact) mass is 1480 g/mol. The largest absolute Gasteiger partial charge is 0.345 e. The molecule has 0 fully saturated rings. The second-order valence-corrected chi connectivity index (χ2v) is 28.2. The molecule has 0 atom stereocenters. The van der Waals surface area contributed by atoms with Gasteiger partial charge in [-0.15, -0.1) is 0 Å². The number of benzene rings is 18. The average molecular weight is 1480 g/mol. The summed E-state index contributed by atoms with van der Waals surface area (Å²) in [7, 11) is 6.17. The van der Waals surface area contributed by atoms with E-state index in [4.69, 9.17) is 5.26 Å². The number of para-hydroxylation sites is 1. The summed E-state index contributed by atoms with van der Waals surface area (Å²) < 4.78 is 0. The lowest BCUT2D eigenvalue weighted by Gasteiger charge is -2.28. The van der Waals surface area contributed by atoms with Crippen molar-refractivity contribution < 1.29 is 0 Å². The summed E-state index contributed by atoms with van der Waals surface area (Å²) in [6.45, 7) is 0. The standard InChI is InChI=1S/2C36H27N3.C35H28N2/c1-38(33-16-7-10-27(24-33)26-37)31-20-22-32(23-21-31)39(36-19-9-14-29-13-5-6-18-35(29)36)34-17-8-15-30(25-34)28-11-3-2-4-12-28;1-38(31-19-17-27(26-37)18-20-31)32-21-23-33(24-22-32)39(36-16-8-12-29-11-5-6-15-35(29)36)34-14-7-13-30(25-34)28-9-3-2-4-10-28;1-36(31-16-6-3-7-17-31)32-21-23-33(24-22-32)37(35-20-19-28-13-8-9-14-29(28)26-35)34-18-10-15-30(25-34)27-11-4-2-5-12-27/h2*2-25H,1H3;2-26H,1H3. The molecule has 18 aromatic carbocycles. The predicted octanol–water partition coefficient (Wildman–Crippen LogP) is 29.0. The molecule has 0 aliphatic rings. The lowest BCUT2D eigenvalue weighted by molar-refractivity contribution is 1.20. The Morgan fingerprint density at radius 1 is 0.174 bits per heavy atom. The normalized spacial score (nSPS) is 10.7. The van der Waals surface area contributed by atoms with Gasteiger partial charge in [0.1, 0.15) is 0 Å². The molecule has 0 unspecified atom stereocenters. The molecule has 0 bridgehead atoms. The molecule has 0 amide bonds. The summed E-state index contributed by atoms with van der Waals surface area (Å²) in [6, 6.07) is 159. The quantitative estimate of drug-likeness (QED) is 0.0842. The highest BCUT2D eigenvalue weighted by atomic mass is 15.2. The Morgan fingerprint density at radius 2 is 0.452 bits per heavy atom. The van der Waals surface area contributed by atoms with Crippen molar-refractivity contribution >= 4 is 118 Å². The van der Waals surface area contributed by atoms with Gasteiger partial charge in [0.15, 0.2) is 0 Å². The summed E-state index contributed by atoms with van der Waals surface area (Å²) >= 11 is 0. The van der Waals surface area contributed by atoms with E-state index in [0.29, 0.717) is 11.1 Å². The Hall–Kier alpha value is -15.5. The third-order valence-electron chi connectivity index (χ3n) is 21.0. The minimum absolute atomic E-state index is 0.649. The summed E-state index contributed by atoms with van der Waals surface area (Å²) in [6.07, 6.45) is 0. The van der Waals surface area contributed by atoms with Crippen molar-refractivity contribution in [1.82, 2.24) is 0 Å². The van der Waals surface area contributed by atoms with Gasteiger partial charge in [-0.2, -0.15) is 10.5 Å². The smallest absolute Gasteiger partial charge is 0.0992 e. The highest BCUT2D eigenvalue weighted by Crippen LogP contribution is 2.45. The predicted molar refractivity (Wildman–Crippen MR) is 485 cm³/mol. The van der Waals surface area contributed by atoms with Crippen LogP contribution in [0.2, 0.25) is 0 Å². The van der Waals surface area contributed by atoms with Crippen molar-refractivity contribution in [3.63, 3.8) is 0 Å². The van der Waals surface area contributed by atoms with Crippen molar-refractivity contribution in [2.75, 3.05) is 50.5 Å². The molecule has 550 valence electrons. The van der Waals surface area contributed by atoms with E-state index >= 15 is 0 Å². The van der Waals surface area contributed by atoms with Crippen LogP contribution in [-0.4, -0.2) is 21.1 Å². The summed E-state index contributed by atoms with van der Waals surface area (Å²) in [4.78, 5) is 13.4. The number of anilines is 15. The van der Waals surface area contributed by atoms with Gasteiger partial charge in [-0.1, -0.05) is 255 Å². The van der Waals surface area contributed by atoms with Gasteiger partial charge in [0, 0.05) is 106 Å². The number of nitrogens with zero attached hydrogens (tertiary/aromatic N) is 8. The molecule has 18 rings (SSSR count). The molecule has 8 nitrogen and oxygen atoms in total. The van der Waals surface area contributed by atoms with E-state index in [2.05, 4.69) is 425 Å². The molecule has 8 heteroatoms. The third kappa shape index (κ3) is 16.7. The maximum atomic E-state index is 9.32. The first-order valence-electron chi connectivity index (χ1n) is 38.6. The van der Waals surface area contributed by atoms with E-state index in [9.17, 15) is 5.26 Å². The second kappa shape index (κ2) is 34.6. The number of hydrogen-bond donors (Lipinski definition) is 0. The molecule has 0 aliphatic heterocycles. The Balaban J connectivity index is 0.000000130. The SMILES string of the molecule is CN(c1ccc(C#N)cc1)c1ccc(N(c2cccc(-c3ccccc3)c2)c2cccc3ccccc23)cc1.CN(c1ccc(N(c2cccc(-c3ccccc3)c2)c2cccc3ccccc23)cc1)c1cccc(C#N)c1.CN(c1ccccc1)c1ccc(N(c2cccc(-c3ccccc3)c2)c2ccc3ccccc3c2)cc1. The van der Waals surface area contributed by atoms with Crippen LogP contribution in [0.25, 0.3) is 65.7 Å². The number of fused-ring (bicyclic) bond motifs is 3. The van der Waals surface area contributed by atoms with Crippen LogP contribution in [0.5, 0.6) is 0 Å². The van der Waals surface area contributed by atoms with Crippen LogP contribution < -0.4 is 29.4 Å². The van der Waals surface area contributed by atoms with Gasteiger partial charge in [0.05, 0.1) is 34.6 Å². The number of nitriles is 2. The molecule has 0 aliphatic carbocycles. The zero-order valence-corrected chi connectivity index (χ0v) is 64.2. The molecule has 0 spiro atoms. The molecule has 0 radical (unpaired) electrons. The summed E-state index contributed by atoms with van der Waals surface area (Å²) in [5.74, 6) is 0. The van der Waals surface area contributed by atoms with Gasteiger partial charge in [-0.05, 0) is 243 Å². The van der Waals surface area contributed by atoms with Gasteiger partial charge in [-0.3, -0.25) is 0 Å². The maximum Gasteiger partial charge on any atom is 0.0992 e. The number of hydrogen-bond acceptors (Lipinski definition) is 8. The van der Waals surface area contributed by atoms with Crippen LogP contribution in [0.15, 0.2) is 443 Å². The highest BCUT2D eigenvalue weighted by molar-refractivity contribution is 6.01. The van der Waals surface area contributed by atoms with E-state index in [1.54, 1.807) is 0 Å². The Labute approximate surface area is 673 Å². The summed E-state index contributed by atoms with van der Waals surface area (Å²) in [5, 5.41) is 25.7. The van der Waals surface area contributed by atoms with Crippen molar-refractivity contribution in [3.8, 4) is 45.5 Å². The Kier molecular flexibility index (Phi) is 22.2. The molecule has 115 heavy (non-hydrogen) atoms. The van der Waals surface area contributed by atoms with Crippen LogP contribution in [0, 0.1) is 22.7 Å². The minimum Gasteiger partial charge on any atom is -0.345 e. The fraction of sp³-hybridized carbons (Fsp3) is 0.0280. The van der Waals surface area contributed by atoms with Crippen molar-refractivity contribution in [3.05, 3.63) is 454 Å². The topological polar surface area (TPSA) is 67.0 Å². The van der Waals surface area contributed by atoms with Crippen molar-refractivity contribution in [2.24, 2.45) is 0 Å². The lowest BCUT2D eigenvalue weighted by atomic mass is 10.0. The van der Waals surface area contributed by atoms with Gasteiger partial charge in [0.25, 0.3) is 0 Å². The second-order valence-electron chi connectivity index (χ2n) is 28.2. The highest BCUT2D eigenvalue weighted by Gasteiger charge is 2.21. The van der Waals surface area contributed by atoms with Crippen molar-refractivity contribution in [2.45, 2.75) is 0 Å². The Bertz CT molecular complexity index is 6410. The molecule has 0 N–H and O–H groups in total. The zero-order valence-electron chi connectivity index (χ0n) is 64.2. The molecule has 18 aromatic rings. The lowest BCUT2D eigenvalue weighted by Crippen LogP contribution is -2.12. The van der Waals surface area contributed by atoms with E-state index in [1.165, 1.54) is 65.7 Å². The van der Waals surface area contributed by atoms with E-state index in [0.717, 1.165) is 85.3 Å². The summed E-state index contributed by atoms with van der Waals surface area (Å²) in [5.41, 5.74) is 24.8. The van der Waals surface area contributed by atoms with Crippen LogP contribution in [0.4, 0.5) is 85.3 Å². The van der Waals surface area contributed by atoms with Gasteiger partial charge in [0.2, 0.25) is 0 Å². The molecular weight excluding hydrogens is 1400 g/mol. The first-order chi connectivity index (χ1) is 56.7. The van der Waals surface area contributed by atoms with Crippen LogP contribution in [0.1, 0.15) is 11.1 Å². The molecule has 0 heterocycles. The van der Waals surface area contributed by atoms with Gasteiger partial charge in [-0.25, -0.2) is 0 Å². The molecule has 0 saturated carbocycles. The Morgan fingerprint density at radius 3 is 0.887 bits per heavy atom. The third-order valence-corrected chi connectivity index (χ3v) is 21.0. The fourth-order valence-electron chi connectivity index (χ4n) is 14.9. The van der Waals surface area contributed by atoms with Crippen molar-refractivity contribution in [1.29, 1.82) is 10.5 Å².